The van der Waals surface area contributed by atoms with E-state index in [2.05, 4.69) is 33.9 Å². The summed E-state index contributed by atoms with van der Waals surface area (Å²) in [5.41, 5.74) is 1.52. The Balaban J connectivity index is 2.11. The fourth-order valence-electron chi connectivity index (χ4n) is 2.84. The molecule has 0 amide bonds. The highest BCUT2D eigenvalue weighted by atomic mass is 28.4. The number of carbonyl (C=O) groups is 1. The number of fused-ring (bicyclic) bond motifs is 1. The minimum Gasteiger partial charge on any atom is -0.458 e. The summed E-state index contributed by atoms with van der Waals surface area (Å²) in [5.74, 6) is -0.402. The molecule has 2 aromatic rings. The summed E-state index contributed by atoms with van der Waals surface area (Å²) < 4.78 is 13.1. The Bertz CT molecular complexity index is 777. The molecular formula is C21H26O3Si. The van der Waals surface area contributed by atoms with Gasteiger partial charge in [0, 0.05) is 5.56 Å². The van der Waals surface area contributed by atoms with Crippen LogP contribution in [0.15, 0.2) is 54.6 Å². The lowest BCUT2D eigenvalue weighted by molar-refractivity contribution is -0.134. The van der Waals surface area contributed by atoms with Gasteiger partial charge in [-0.15, -0.1) is 0 Å². The van der Waals surface area contributed by atoms with Gasteiger partial charge in [-0.25, -0.2) is 0 Å². The van der Waals surface area contributed by atoms with E-state index in [1.165, 1.54) is 0 Å². The summed E-state index contributed by atoms with van der Waals surface area (Å²) in [6.45, 7) is 10.9. The van der Waals surface area contributed by atoms with E-state index in [0.717, 1.165) is 5.56 Å². The van der Waals surface area contributed by atoms with Crippen molar-refractivity contribution in [3.8, 4) is 5.75 Å². The summed E-state index contributed by atoms with van der Waals surface area (Å²) in [4.78, 5) is 12.9. The summed E-state index contributed by atoms with van der Waals surface area (Å²) in [5, 5.41) is 0.0121. The standard InChI is InChI=1S/C21H26O3Si/c1-20(2,3)25(4,5)24-21(16-11-7-6-8-12-16)15-18(22)17-13-9-10-14-19(17)23-21/h6-14H,15H2,1-5H3. The van der Waals surface area contributed by atoms with Crippen molar-refractivity contribution in [3.63, 3.8) is 0 Å². The van der Waals surface area contributed by atoms with Crippen LogP contribution in [0.5, 0.6) is 5.75 Å². The summed E-state index contributed by atoms with van der Waals surface area (Å²) in [6.07, 6.45) is 0.195. The lowest BCUT2D eigenvalue weighted by atomic mass is 9.93. The van der Waals surface area contributed by atoms with Gasteiger partial charge in [-0.05, 0) is 30.3 Å². The predicted molar refractivity (Wildman–Crippen MR) is 102 cm³/mol. The molecule has 1 unspecified atom stereocenters. The van der Waals surface area contributed by atoms with Crippen LogP contribution in [0.1, 0.15) is 43.1 Å². The second kappa shape index (κ2) is 6.11. The number of Topliss-reactive ketones (excluding diaryl/α,β-unsaturated/α-hetero) is 1. The smallest absolute Gasteiger partial charge is 0.235 e. The zero-order valence-electron chi connectivity index (χ0n) is 15.6. The van der Waals surface area contributed by atoms with Crippen LogP contribution in [-0.2, 0) is 10.2 Å². The van der Waals surface area contributed by atoms with E-state index < -0.39 is 14.1 Å². The van der Waals surface area contributed by atoms with E-state index in [1.807, 2.05) is 54.6 Å². The van der Waals surface area contributed by atoms with E-state index in [0.29, 0.717) is 11.3 Å². The first-order chi connectivity index (χ1) is 11.6. The maximum Gasteiger partial charge on any atom is 0.235 e. The van der Waals surface area contributed by atoms with Gasteiger partial charge in [0.2, 0.25) is 5.79 Å². The third-order valence-electron chi connectivity index (χ3n) is 5.30. The van der Waals surface area contributed by atoms with Gasteiger partial charge in [0.1, 0.15) is 5.75 Å². The number of hydrogen-bond acceptors (Lipinski definition) is 3. The highest BCUT2D eigenvalue weighted by Crippen LogP contribution is 2.46. The summed E-state index contributed by atoms with van der Waals surface area (Å²) in [6, 6.07) is 17.3. The number of para-hydroxylation sites is 1. The van der Waals surface area contributed by atoms with Crippen molar-refractivity contribution in [2.45, 2.75) is 51.1 Å². The first-order valence-electron chi connectivity index (χ1n) is 8.72. The lowest BCUT2D eigenvalue weighted by Crippen LogP contribution is -2.53. The average Bonchev–Trinajstić information content (AvgIpc) is 2.54. The molecule has 1 atom stereocenters. The Hall–Kier alpha value is -1.91. The minimum absolute atomic E-state index is 0.0121. The molecule has 0 saturated heterocycles. The number of benzene rings is 2. The van der Waals surface area contributed by atoms with Gasteiger partial charge < -0.3 is 9.16 Å². The van der Waals surface area contributed by atoms with Crippen LogP contribution in [0.25, 0.3) is 0 Å². The van der Waals surface area contributed by atoms with Gasteiger partial charge >= 0.3 is 0 Å². The number of carbonyl (C=O) groups excluding carboxylic acids is 1. The van der Waals surface area contributed by atoms with Crippen molar-refractivity contribution in [2.24, 2.45) is 0 Å². The van der Waals surface area contributed by atoms with Crippen molar-refractivity contribution >= 4 is 14.1 Å². The van der Waals surface area contributed by atoms with E-state index in [4.69, 9.17) is 9.16 Å². The third kappa shape index (κ3) is 3.28. The second-order valence-corrected chi connectivity index (χ2v) is 12.9. The maximum absolute atomic E-state index is 12.9. The van der Waals surface area contributed by atoms with E-state index in [1.54, 1.807) is 0 Å². The monoisotopic (exact) mass is 354 g/mol. The topological polar surface area (TPSA) is 35.5 Å². The largest absolute Gasteiger partial charge is 0.458 e. The molecule has 0 spiro atoms. The summed E-state index contributed by atoms with van der Waals surface area (Å²) >= 11 is 0. The van der Waals surface area contributed by atoms with Crippen LogP contribution in [0.2, 0.25) is 18.1 Å². The van der Waals surface area contributed by atoms with Crippen molar-refractivity contribution in [1.82, 2.24) is 0 Å². The third-order valence-corrected chi connectivity index (χ3v) is 9.75. The molecule has 0 fully saturated rings. The number of ketones is 1. The molecule has 4 heteroatoms. The quantitative estimate of drug-likeness (QED) is 0.680. The molecule has 1 aliphatic heterocycles. The molecule has 3 rings (SSSR count). The van der Waals surface area contributed by atoms with E-state index in [9.17, 15) is 4.79 Å². The molecule has 0 aliphatic carbocycles. The molecule has 1 aliphatic rings. The van der Waals surface area contributed by atoms with E-state index in [-0.39, 0.29) is 17.2 Å². The minimum atomic E-state index is -2.18. The van der Waals surface area contributed by atoms with Gasteiger partial charge in [0.15, 0.2) is 14.1 Å². The van der Waals surface area contributed by atoms with Crippen LogP contribution in [0, 0.1) is 0 Å². The fourth-order valence-corrected chi connectivity index (χ4v) is 4.20. The zero-order chi connectivity index (χ0) is 18.3. The van der Waals surface area contributed by atoms with Crippen molar-refractivity contribution in [1.29, 1.82) is 0 Å². The van der Waals surface area contributed by atoms with Crippen molar-refractivity contribution in [2.75, 3.05) is 0 Å². The molecule has 0 N–H and O–H groups in total. The van der Waals surface area contributed by atoms with Crippen molar-refractivity contribution in [3.05, 3.63) is 65.7 Å². The van der Waals surface area contributed by atoms with Crippen LogP contribution in [0.3, 0.4) is 0 Å². The van der Waals surface area contributed by atoms with Gasteiger partial charge in [-0.1, -0.05) is 63.2 Å². The fraction of sp³-hybridized carbons (Fsp3) is 0.381. The van der Waals surface area contributed by atoms with E-state index >= 15 is 0 Å². The van der Waals surface area contributed by atoms with Crippen LogP contribution >= 0.6 is 0 Å². The number of hydrogen-bond donors (Lipinski definition) is 0. The predicted octanol–water partition coefficient (Wildman–Crippen LogP) is 5.53. The first kappa shape index (κ1) is 17.9. The number of ether oxygens (including phenoxy) is 1. The molecule has 132 valence electrons. The lowest BCUT2D eigenvalue weighted by Gasteiger charge is -2.46. The Labute approximate surface area is 151 Å². The Morgan fingerprint density at radius 2 is 1.60 bits per heavy atom. The van der Waals surface area contributed by atoms with Crippen LogP contribution < -0.4 is 4.74 Å². The normalized spacial score (nSPS) is 20.8. The van der Waals surface area contributed by atoms with Gasteiger partial charge in [0.25, 0.3) is 0 Å². The molecule has 0 radical (unpaired) electrons. The molecular weight excluding hydrogens is 328 g/mol. The Kier molecular flexibility index (Phi) is 4.37. The molecule has 1 heterocycles. The van der Waals surface area contributed by atoms with Gasteiger partial charge in [0.05, 0.1) is 12.0 Å². The highest BCUT2D eigenvalue weighted by Gasteiger charge is 2.50. The molecule has 0 aromatic heterocycles. The van der Waals surface area contributed by atoms with Gasteiger partial charge in [-0.3, -0.25) is 4.79 Å². The maximum atomic E-state index is 12.9. The molecule has 0 bridgehead atoms. The molecule has 0 saturated carbocycles. The molecule has 2 aromatic carbocycles. The molecule has 3 nitrogen and oxygen atoms in total. The second-order valence-electron chi connectivity index (χ2n) is 8.18. The van der Waals surface area contributed by atoms with Crippen LogP contribution in [-0.4, -0.2) is 14.1 Å². The Morgan fingerprint density at radius 1 is 1.00 bits per heavy atom. The zero-order valence-corrected chi connectivity index (χ0v) is 16.6. The van der Waals surface area contributed by atoms with Gasteiger partial charge in [-0.2, -0.15) is 0 Å². The number of rotatable bonds is 3. The SMILES string of the molecule is CC(C)(C)[Si](C)(C)OC1(c2ccccc2)CC(=O)c2ccccc2O1. The summed E-state index contributed by atoms with van der Waals surface area (Å²) in [7, 11) is -2.18. The Morgan fingerprint density at radius 3 is 2.24 bits per heavy atom. The average molecular weight is 355 g/mol. The first-order valence-corrected chi connectivity index (χ1v) is 11.6. The van der Waals surface area contributed by atoms with Crippen molar-refractivity contribution < 1.29 is 14.0 Å². The van der Waals surface area contributed by atoms with Crippen LogP contribution in [0.4, 0.5) is 0 Å². The molecule has 25 heavy (non-hydrogen) atoms. The highest BCUT2D eigenvalue weighted by molar-refractivity contribution is 6.74.